The number of hydrogen-bond donors (Lipinski definition) is 2. The van der Waals surface area contributed by atoms with Gasteiger partial charge >= 0.3 is 0 Å². The minimum absolute atomic E-state index is 0.0110. The quantitative estimate of drug-likeness (QED) is 0.246. The molecule has 14 heavy (non-hydrogen) atoms. The van der Waals surface area contributed by atoms with Crippen LogP contribution in [-0.4, -0.2) is 16.0 Å². The monoisotopic (exact) mass is 213 g/mol. The summed E-state index contributed by atoms with van der Waals surface area (Å²) in [6.45, 7) is 5.65. The Morgan fingerprint density at radius 3 is 2.43 bits per heavy atom. The van der Waals surface area contributed by atoms with Crippen LogP contribution in [0.25, 0.3) is 0 Å². The topological polar surface area (TPSA) is 71.5 Å². The summed E-state index contributed by atoms with van der Waals surface area (Å²) in [6, 6.07) is 0. The molecule has 76 valence electrons. The van der Waals surface area contributed by atoms with Crippen molar-refractivity contribution in [3.05, 3.63) is 27.5 Å². The largest absolute Gasteiger partial charge is 0.409 e. The van der Waals surface area contributed by atoms with Crippen LogP contribution in [0, 0.1) is 20.8 Å². The zero-order chi connectivity index (χ0) is 10.9. The van der Waals surface area contributed by atoms with Gasteiger partial charge in [-0.2, -0.15) is 0 Å². The number of oxime groups is 1. The van der Waals surface area contributed by atoms with Crippen LogP contribution < -0.4 is 5.73 Å². The molecule has 3 N–H and O–H groups in total. The number of nitrogens with zero attached hydrogens (tertiary/aromatic N) is 2. The molecule has 4 nitrogen and oxygen atoms in total. The van der Waals surface area contributed by atoms with Crippen LogP contribution in [0.4, 0.5) is 0 Å². The van der Waals surface area contributed by atoms with Gasteiger partial charge < -0.3 is 10.9 Å². The Kier molecular flexibility index (Phi) is 2.96. The zero-order valence-electron chi connectivity index (χ0n) is 8.30. The number of rotatable bonds is 1. The molecule has 1 aromatic rings. The van der Waals surface area contributed by atoms with Gasteiger partial charge in [-0.15, -0.1) is 0 Å². The molecule has 0 saturated carbocycles. The Morgan fingerprint density at radius 2 is 1.93 bits per heavy atom. The van der Waals surface area contributed by atoms with E-state index in [0.717, 1.165) is 16.8 Å². The van der Waals surface area contributed by atoms with Crippen molar-refractivity contribution < 1.29 is 5.21 Å². The van der Waals surface area contributed by atoms with Gasteiger partial charge in [-0.25, -0.2) is 4.98 Å². The molecule has 0 fully saturated rings. The first kappa shape index (κ1) is 10.8. The van der Waals surface area contributed by atoms with Crippen LogP contribution in [0.2, 0.25) is 5.15 Å². The fraction of sp³-hybridized carbons (Fsp3) is 0.333. The summed E-state index contributed by atoms with van der Waals surface area (Å²) in [7, 11) is 0. The molecule has 0 aliphatic carbocycles. The number of pyridine rings is 1. The minimum atomic E-state index is -0.0110. The summed E-state index contributed by atoms with van der Waals surface area (Å²) in [5.41, 5.74) is 8.72. The molecule has 0 unspecified atom stereocenters. The van der Waals surface area contributed by atoms with Gasteiger partial charge in [-0.1, -0.05) is 16.8 Å². The second-order valence-electron chi connectivity index (χ2n) is 3.10. The first-order chi connectivity index (χ1) is 6.49. The molecule has 5 heteroatoms. The highest BCUT2D eigenvalue weighted by molar-refractivity contribution is 6.33. The van der Waals surface area contributed by atoms with Crippen LogP contribution >= 0.6 is 11.6 Å². The summed E-state index contributed by atoms with van der Waals surface area (Å²) in [4.78, 5) is 4.10. The van der Waals surface area contributed by atoms with E-state index in [0.29, 0.717) is 5.56 Å². The molecular formula is C9H12ClN3O. The molecule has 0 saturated heterocycles. The lowest BCUT2D eigenvalue weighted by Gasteiger charge is -2.10. The molecule has 1 aromatic heterocycles. The minimum Gasteiger partial charge on any atom is -0.409 e. The highest BCUT2D eigenvalue weighted by Crippen LogP contribution is 2.22. The molecule has 1 heterocycles. The maximum absolute atomic E-state index is 8.57. The summed E-state index contributed by atoms with van der Waals surface area (Å²) >= 11 is 5.90. The van der Waals surface area contributed by atoms with Crippen molar-refractivity contribution in [2.75, 3.05) is 0 Å². The average molecular weight is 214 g/mol. The molecule has 0 atom stereocenters. The predicted molar refractivity (Wildman–Crippen MR) is 56.0 cm³/mol. The van der Waals surface area contributed by atoms with Crippen LogP contribution in [0.1, 0.15) is 22.4 Å². The van der Waals surface area contributed by atoms with Gasteiger partial charge in [0.05, 0.1) is 5.56 Å². The number of aryl methyl sites for hydroxylation is 1. The Labute approximate surface area is 87.4 Å². The van der Waals surface area contributed by atoms with Crippen molar-refractivity contribution in [1.82, 2.24) is 4.98 Å². The SMILES string of the molecule is Cc1nc(Cl)c(/C(N)=N/O)c(C)c1C. The lowest BCUT2D eigenvalue weighted by molar-refractivity contribution is 0.318. The average Bonchev–Trinajstić information content (AvgIpc) is 2.14. The van der Waals surface area contributed by atoms with E-state index in [1.807, 2.05) is 20.8 Å². The lowest BCUT2D eigenvalue weighted by Crippen LogP contribution is -2.17. The first-order valence-corrected chi connectivity index (χ1v) is 4.48. The molecule has 0 radical (unpaired) electrons. The summed E-state index contributed by atoms with van der Waals surface area (Å²) in [6.07, 6.45) is 0. The first-order valence-electron chi connectivity index (χ1n) is 4.10. The summed E-state index contributed by atoms with van der Waals surface area (Å²) in [5, 5.41) is 11.8. The van der Waals surface area contributed by atoms with E-state index in [2.05, 4.69) is 10.1 Å². The maximum Gasteiger partial charge on any atom is 0.173 e. The number of aromatic nitrogens is 1. The third-order valence-corrected chi connectivity index (χ3v) is 2.59. The smallest absolute Gasteiger partial charge is 0.173 e. The fourth-order valence-corrected chi connectivity index (χ4v) is 1.61. The molecule has 0 spiro atoms. The van der Waals surface area contributed by atoms with Gasteiger partial charge in [0.2, 0.25) is 0 Å². The number of amidine groups is 1. The molecular weight excluding hydrogens is 202 g/mol. The predicted octanol–water partition coefficient (Wildman–Crippen LogP) is 1.75. The van der Waals surface area contributed by atoms with Crippen molar-refractivity contribution in [2.24, 2.45) is 10.9 Å². The van der Waals surface area contributed by atoms with Gasteiger partial charge in [0, 0.05) is 5.69 Å². The normalized spacial score (nSPS) is 11.9. The van der Waals surface area contributed by atoms with Crippen LogP contribution in [0.5, 0.6) is 0 Å². The number of hydrogen-bond acceptors (Lipinski definition) is 3. The van der Waals surface area contributed by atoms with Crippen LogP contribution in [0.3, 0.4) is 0 Å². The Bertz CT molecular complexity index is 402. The second kappa shape index (κ2) is 3.84. The summed E-state index contributed by atoms with van der Waals surface area (Å²) < 4.78 is 0. The van der Waals surface area contributed by atoms with E-state index in [4.69, 9.17) is 22.5 Å². The van der Waals surface area contributed by atoms with Gasteiger partial charge in [0.15, 0.2) is 5.84 Å². The van der Waals surface area contributed by atoms with Crippen molar-refractivity contribution in [1.29, 1.82) is 0 Å². The van der Waals surface area contributed by atoms with Gasteiger partial charge in [-0.05, 0) is 31.9 Å². The maximum atomic E-state index is 8.57. The molecule has 0 aliphatic heterocycles. The number of halogens is 1. The van der Waals surface area contributed by atoms with E-state index in [1.165, 1.54) is 0 Å². The van der Waals surface area contributed by atoms with Crippen molar-refractivity contribution in [3.8, 4) is 0 Å². The fourth-order valence-electron chi connectivity index (χ4n) is 1.25. The highest BCUT2D eigenvalue weighted by Gasteiger charge is 2.14. The van der Waals surface area contributed by atoms with Gasteiger partial charge in [0.1, 0.15) is 5.15 Å². The van der Waals surface area contributed by atoms with E-state index >= 15 is 0 Å². The van der Waals surface area contributed by atoms with Crippen molar-refractivity contribution >= 4 is 17.4 Å². The molecule has 0 amide bonds. The van der Waals surface area contributed by atoms with E-state index in [9.17, 15) is 0 Å². The zero-order valence-corrected chi connectivity index (χ0v) is 9.05. The van der Waals surface area contributed by atoms with E-state index < -0.39 is 0 Å². The van der Waals surface area contributed by atoms with E-state index in [-0.39, 0.29) is 11.0 Å². The van der Waals surface area contributed by atoms with Crippen LogP contribution in [-0.2, 0) is 0 Å². The van der Waals surface area contributed by atoms with Gasteiger partial charge in [0.25, 0.3) is 0 Å². The van der Waals surface area contributed by atoms with Crippen LogP contribution in [0.15, 0.2) is 5.16 Å². The second-order valence-corrected chi connectivity index (χ2v) is 3.46. The molecule has 0 aliphatic rings. The standard InChI is InChI=1S/C9H12ClN3O/c1-4-5(2)7(9(11)13-14)8(10)12-6(4)3/h14H,1-3H3,(H2,11,13). The van der Waals surface area contributed by atoms with Gasteiger partial charge in [-0.3, -0.25) is 0 Å². The Balaban J connectivity index is 3.52. The molecule has 0 aromatic carbocycles. The van der Waals surface area contributed by atoms with Crippen molar-refractivity contribution in [2.45, 2.75) is 20.8 Å². The summed E-state index contributed by atoms with van der Waals surface area (Å²) in [5.74, 6) is -0.0110. The third kappa shape index (κ3) is 1.65. The Morgan fingerprint density at radius 1 is 1.36 bits per heavy atom. The lowest BCUT2D eigenvalue weighted by atomic mass is 10.0. The van der Waals surface area contributed by atoms with Crippen molar-refractivity contribution in [3.63, 3.8) is 0 Å². The Hall–Kier alpha value is -1.29. The number of nitrogens with two attached hydrogens (primary N) is 1. The molecule has 0 bridgehead atoms. The highest BCUT2D eigenvalue weighted by atomic mass is 35.5. The molecule has 1 rings (SSSR count). The third-order valence-electron chi connectivity index (χ3n) is 2.32. The van der Waals surface area contributed by atoms with E-state index in [1.54, 1.807) is 0 Å².